The highest BCUT2D eigenvalue weighted by atomic mass is 79.9. The van der Waals surface area contributed by atoms with Crippen molar-refractivity contribution >= 4 is 15.9 Å². The number of aromatic nitrogens is 2. The molecule has 0 aliphatic carbocycles. The number of hydrogen-bond acceptors (Lipinski definition) is 2. The lowest BCUT2D eigenvalue weighted by Crippen LogP contribution is -2.21. The molecule has 0 amide bonds. The van der Waals surface area contributed by atoms with Crippen molar-refractivity contribution in [2.24, 2.45) is 0 Å². The van der Waals surface area contributed by atoms with Crippen molar-refractivity contribution in [3.05, 3.63) is 18.0 Å². The molecule has 0 spiro atoms. The average molecular weight is 288 g/mol. The maximum Gasteiger partial charge on any atom is 0.0764 e. The summed E-state index contributed by atoms with van der Waals surface area (Å²) >= 11 is 3.57. The number of halogens is 1. The summed E-state index contributed by atoms with van der Waals surface area (Å²) in [6.45, 7) is 8.50. The molecule has 0 radical (unpaired) electrons. The quantitative estimate of drug-likeness (QED) is 0.750. The van der Waals surface area contributed by atoms with Gasteiger partial charge in [-0.1, -0.05) is 22.9 Å². The molecule has 1 aromatic heterocycles. The fourth-order valence-corrected chi connectivity index (χ4v) is 1.71. The number of alkyl halides is 1. The number of rotatable bonds is 6. The highest BCUT2D eigenvalue weighted by Gasteiger charge is 2.06. The molecule has 0 saturated heterocycles. The molecule has 4 heteroatoms. The summed E-state index contributed by atoms with van der Waals surface area (Å²) in [5.41, 5.74) is 1.15. The minimum absolute atomic E-state index is 0.446. The van der Waals surface area contributed by atoms with Gasteiger partial charge < -0.3 is 4.90 Å². The second-order valence-corrected chi connectivity index (χ2v) is 6.25. The lowest BCUT2D eigenvalue weighted by molar-refractivity contribution is 0.316. The van der Waals surface area contributed by atoms with Gasteiger partial charge in [-0.15, -0.1) is 0 Å². The van der Waals surface area contributed by atoms with E-state index in [0.717, 1.165) is 18.8 Å². The molecule has 0 fully saturated rings. The Bertz CT molecular complexity index is 307. The van der Waals surface area contributed by atoms with E-state index < -0.39 is 0 Å². The smallest absolute Gasteiger partial charge is 0.0764 e. The van der Waals surface area contributed by atoms with Crippen LogP contribution < -0.4 is 0 Å². The van der Waals surface area contributed by atoms with Gasteiger partial charge in [0.15, 0.2) is 0 Å². The first kappa shape index (κ1) is 13.7. The van der Waals surface area contributed by atoms with E-state index in [1.807, 2.05) is 4.68 Å². The zero-order chi connectivity index (χ0) is 12.1. The van der Waals surface area contributed by atoms with Crippen molar-refractivity contribution in [1.29, 1.82) is 0 Å². The summed E-state index contributed by atoms with van der Waals surface area (Å²) < 4.78 is 2.01. The van der Waals surface area contributed by atoms with Crippen molar-refractivity contribution in [2.45, 2.75) is 44.6 Å². The lowest BCUT2D eigenvalue weighted by atomic mass is 10.3. The molecule has 1 aromatic rings. The summed E-state index contributed by atoms with van der Waals surface area (Å²) in [5.74, 6) is 0. The van der Waals surface area contributed by atoms with Crippen LogP contribution in [0.1, 0.15) is 38.9 Å². The van der Waals surface area contributed by atoms with Crippen molar-refractivity contribution in [3.8, 4) is 0 Å². The summed E-state index contributed by atoms with van der Waals surface area (Å²) in [6.07, 6.45) is 3.22. The van der Waals surface area contributed by atoms with Gasteiger partial charge in [0.05, 0.1) is 5.69 Å². The van der Waals surface area contributed by atoms with Crippen molar-refractivity contribution in [1.82, 2.24) is 14.7 Å². The SMILES string of the molecule is CC(Br)CCN(C)Cc1ccn(C(C)C)n1. The second-order valence-electron chi connectivity index (χ2n) is 4.69. The van der Waals surface area contributed by atoms with Gasteiger partial charge in [-0.05, 0) is 39.9 Å². The number of hydrogen-bond donors (Lipinski definition) is 0. The average Bonchev–Trinajstić information content (AvgIpc) is 2.63. The van der Waals surface area contributed by atoms with Crippen LogP contribution in [0.4, 0.5) is 0 Å². The van der Waals surface area contributed by atoms with Gasteiger partial charge >= 0.3 is 0 Å². The maximum absolute atomic E-state index is 4.54. The van der Waals surface area contributed by atoms with Gasteiger partial charge in [0, 0.05) is 23.6 Å². The summed E-state index contributed by atoms with van der Waals surface area (Å²) in [7, 11) is 2.14. The standard InChI is InChI=1S/C12H22BrN3/c1-10(2)16-8-6-12(14-16)9-15(4)7-5-11(3)13/h6,8,10-11H,5,7,9H2,1-4H3. The van der Waals surface area contributed by atoms with E-state index in [9.17, 15) is 0 Å². The highest BCUT2D eigenvalue weighted by molar-refractivity contribution is 9.09. The third kappa shape index (κ3) is 4.66. The zero-order valence-corrected chi connectivity index (χ0v) is 12.2. The minimum Gasteiger partial charge on any atom is -0.300 e. The molecule has 1 heterocycles. The Morgan fingerprint density at radius 2 is 2.12 bits per heavy atom. The van der Waals surface area contributed by atoms with Gasteiger partial charge in [0.25, 0.3) is 0 Å². The molecule has 0 aliphatic heterocycles. The summed E-state index contributed by atoms with van der Waals surface area (Å²) in [4.78, 5) is 2.90. The van der Waals surface area contributed by atoms with Gasteiger partial charge in [-0.2, -0.15) is 5.10 Å². The molecule has 92 valence electrons. The molecule has 1 atom stereocenters. The predicted molar refractivity (Wildman–Crippen MR) is 72.0 cm³/mol. The van der Waals surface area contributed by atoms with Crippen LogP contribution in [0, 0.1) is 0 Å². The Labute approximate surface area is 107 Å². The third-order valence-electron chi connectivity index (χ3n) is 2.53. The Balaban J connectivity index is 2.40. The van der Waals surface area contributed by atoms with Gasteiger partial charge in [0.1, 0.15) is 0 Å². The molecule has 3 nitrogen and oxygen atoms in total. The molecule has 0 aliphatic rings. The molecule has 0 N–H and O–H groups in total. The Morgan fingerprint density at radius 3 is 2.62 bits per heavy atom. The van der Waals surface area contributed by atoms with Crippen LogP contribution in [0.3, 0.4) is 0 Å². The molecule has 1 unspecified atom stereocenters. The van der Waals surface area contributed by atoms with Gasteiger partial charge in [-0.3, -0.25) is 4.68 Å². The van der Waals surface area contributed by atoms with E-state index in [2.05, 4.69) is 66.0 Å². The first-order valence-corrected chi connectivity index (χ1v) is 6.77. The van der Waals surface area contributed by atoms with Crippen molar-refractivity contribution < 1.29 is 0 Å². The van der Waals surface area contributed by atoms with Crippen molar-refractivity contribution in [2.75, 3.05) is 13.6 Å². The van der Waals surface area contributed by atoms with Crippen LogP contribution in [-0.4, -0.2) is 33.1 Å². The maximum atomic E-state index is 4.54. The molecule has 0 aromatic carbocycles. The van der Waals surface area contributed by atoms with Crippen molar-refractivity contribution in [3.63, 3.8) is 0 Å². The first-order chi connectivity index (χ1) is 7.49. The first-order valence-electron chi connectivity index (χ1n) is 5.85. The van der Waals surface area contributed by atoms with E-state index in [4.69, 9.17) is 0 Å². The molecular formula is C12H22BrN3. The summed E-state index contributed by atoms with van der Waals surface area (Å²) in [5, 5.41) is 4.54. The monoisotopic (exact) mass is 287 g/mol. The van der Waals surface area contributed by atoms with E-state index in [1.54, 1.807) is 0 Å². The summed E-state index contributed by atoms with van der Waals surface area (Å²) in [6, 6.07) is 2.55. The second kappa shape index (κ2) is 6.40. The van der Waals surface area contributed by atoms with E-state index in [0.29, 0.717) is 10.9 Å². The zero-order valence-electron chi connectivity index (χ0n) is 10.7. The van der Waals surface area contributed by atoms with Crippen LogP contribution in [0.15, 0.2) is 12.3 Å². The predicted octanol–water partition coefficient (Wildman–Crippen LogP) is 3.07. The molecule has 16 heavy (non-hydrogen) atoms. The van der Waals surface area contributed by atoms with Crippen LogP contribution in [-0.2, 0) is 6.54 Å². The van der Waals surface area contributed by atoms with Crippen LogP contribution in [0.5, 0.6) is 0 Å². The number of nitrogens with zero attached hydrogens (tertiary/aromatic N) is 3. The minimum atomic E-state index is 0.446. The lowest BCUT2D eigenvalue weighted by Gasteiger charge is -2.15. The third-order valence-corrected chi connectivity index (χ3v) is 2.99. The molecule has 1 rings (SSSR count). The van der Waals surface area contributed by atoms with E-state index >= 15 is 0 Å². The van der Waals surface area contributed by atoms with E-state index in [-0.39, 0.29) is 0 Å². The largest absolute Gasteiger partial charge is 0.300 e. The van der Waals surface area contributed by atoms with Crippen LogP contribution in [0.2, 0.25) is 0 Å². The Hall–Kier alpha value is -0.350. The van der Waals surface area contributed by atoms with Crippen LogP contribution >= 0.6 is 15.9 Å². The Kier molecular flexibility index (Phi) is 5.49. The van der Waals surface area contributed by atoms with E-state index in [1.165, 1.54) is 6.42 Å². The molecular weight excluding hydrogens is 266 g/mol. The van der Waals surface area contributed by atoms with Crippen LogP contribution in [0.25, 0.3) is 0 Å². The normalized spacial score (nSPS) is 13.7. The molecule has 0 bridgehead atoms. The highest BCUT2D eigenvalue weighted by Crippen LogP contribution is 2.08. The Morgan fingerprint density at radius 1 is 1.44 bits per heavy atom. The fraction of sp³-hybridized carbons (Fsp3) is 0.750. The molecule has 0 saturated carbocycles. The topological polar surface area (TPSA) is 21.1 Å². The fourth-order valence-electron chi connectivity index (χ4n) is 1.50. The van der Waals surface area contributed by atoms with Gasteiger partial charge in [-0.25, -0.2) is 0 Å². The van der Waals surface area contributed by atoms with Gasteiger partial charge in [0.2, 0.25) is 0 Å².